The SMILES string of the molecule is O=C(Cn1c(O)c(C=C2C=Nc3ccccc32)sc1=O)Nc1ccccc1F. The van der Waals surface area contributed by atoms with Gasteiger partial charge >= 0.3 is 4.87 Å². The predicted octanol–water partition coefficient (Wildman–Crippen LogP) is 3.65. The number of aromatic nitrogens is 1. The van der Waals surface area contributed by atoms with Crippen LogP contribution in [0, 0.1) is 5.82 Å². The van der Waals surface area contributed by atoms with Crippen LogP contribution in [-0.2, 0) is 11.3 Å². The second-order valence-electron chi connectivity index (χ2n) is 6.05. The van der Waals surface area contributed by atoms with Crippen molar-refractivity contribution in [3.05, 3.63) is 74.5 Å². The van der Waals surface area contributed by atoms with Crippen molar-refractivity contribution in [2.75, 3.05) is 5.32 Å². The average molecular weight is 395 g/mol. The molecule has 0 radical (unpaired) electrons. The Labute approximate surface area is 162 Å². The van der Waals surface area contributed by atoms with E-state index >= 15 is 0 Å². The molecule has 4 rings (SSSR count). The number of thiazole rings is 1. The van der Waals surface area contributed by atoms with Gasteiger partial charge in [0.25, 0.3) is 0 Å². The van der Waals surface area contributed by atoms with E-state index in [1.54, 1.807) is 18.4 Å². The minimum atomic E-state index is -0.618. The standard InChI is InChI=1S/C20H14FN3O3S/c21-14-6-2-4-8-16(14)23-18(25)11-24-19(26)17(28-20(24)27)9-12-10-22-15-7-3-1-5-13(12)15/h1-10,26H,11H2,(H,23,25). The molecular weight excluding hydrogens is 381 g/mol. The van der Waals surface area contributed by atoms with Crippen molar-refractivity contribution in [3.8, 4) is 5.88 Å². The van der Waals surface area contributed by atoms with Gasteiger partial charge in [-0.15, -0.1) is 0 Å². The summed E-state index contributed by atoms with van der Waals surface area (Å²) in [5, 5.41) is 12.8. The van der Waals surface area contributed by atoms with Gasteiger partial charge in [-0.25, -0.2) is 4.39 Å². The van der Waals surface area contributed by atoms with Crippen molar-refractivity contribution >= 4 is 46.5 Å². The van der Waals surface area contributed by atoms with E-state index in [-0.39, 0.29) is 11.6 Å². The summed E-state index contributed by atoms with van der Waals surface area (Å²) in [4.78, 5) is 28.5. The summed E-state index contributed by atoms with van der Waals surface area (Å²) in [5.41, 5.74) is 2.47. The number of nitrogens with one attached hydrogen (secondary N) is 1. The number of hydrogen-bond donors (Lipinski definition) is 2. The normalized spacial score (nSPS) is 13.7. The van der Waals surface area contributed by atoms with Gasteiger partial charge in [0.15, 0.2) is 0 Å². The Balaban J connectivity index is 1.58. The van der Waals surface area contributed by atoms with E-state index in [0.29, 0.717) is 4.88 Å². The van der Waals surface area contributed by atoms with Gasteiger partial charge in [0.05, 0.1) is 16.3 Å². The lowest BCUT2D eigenvalue weighted by molar-refractivity contribution is -0.116. The fraction of sp³-hybridized carbons (Fsp3) is 0.0500. The molecule has 2 heterocycles. The highest BCUT2D eigenvalue weighted by Crippen LogP contribution is 2.34. The first-order chi connectivity index (χ1) is 13.5. The first-order valence-corrected chi connectivity index (χ1v) is 9.17. The van der Waals surface area contributed by atoms with Crippen LogP contribution in [0.4, 0.5) is 15.8 Å². The second-order valence-corrected chi connectivity index (χ2v) is 7.04. The summed E-state index contributed by atoms with van der Waals surface area (Å²) >= 11 is 0.819. The van der Waals surface area contributed by atoms with Gasteiger partial charge in [0.2, 0.25) is 11.8 Å². The van der Waals surface area contributed by atoms with Gasteiger partial charge in [0, 0.05) is 17.4 Å². The lowest BCUT2D eigenvalue weighted by Gasteiger charge is -2.07. The highest BCUT2D eigenvalue weighted by atomic mass is 32.1. The van der Waals surface area contributed by atoms with Gasteiger partial charge in [-0.1, -0.05) is 41.7 Å². The zero-order valence-corrected chi connectivity index (χ0v) is 15.2. The molecule has 0 atom stereocenters. The van der Waals surface area contributed by atoms with Crippen LogP contribution in [0.5, 0.6) is 5.88 Å². The summed E-state index contributed by atoms with van der Waals surface area (Å²) < 4.78 is 14.6. The monoisotopic (exact) mass is 395 g/mol. The molecule has 1 aromatic heterocycles. The number of nitrogens with zero attached hydrogens (tertiary/aromatic N) is 2. The van der Waals surface area contributed by atoms with E-state index in [9.17, 15) is 19.1 Å². The van der Waals surface area contributed by atoms with Crippen molar-refractivity contribution in [2.24, 2.45) is 4.99 Å². The molecule has 140 valence electrons. The molecule has 0 aliphatic carbocycles. The van der Waals surface area contributed by atoms with E-state index in [1.807, 2.05) is 24.3 Å². The number of allylic oxidation sites excluding steroid dienone is 1. The molecule has 2 N–H and O–H groups in total. The molecule has 0 spiro atoms. The van der Waals surface area contributed by atoms with Gasteiger partial charge in [0.1, 0.15) is 12.4 Å². The Kier molecular flexibility index (Phi) is 4.62. The number of para-hydroxylation sites is 2. The van der Waals surface area contributed by atoms with Crippen LogP contribution in [0.3, 0.4) is 0 Å². The van der Waals surface area contributed by atoms with E-state index in [1.165, 1.54) is 18.2 Å². The number of aliphatic imine (C=N–C) groups is 1. The first-order valence-electron chi connectivity index (χ1n) is 8.35. The Hall–Kier alpha value is -3.52. The largest absolute Gasteiger partial charge is 0.493 e. The van der Waals surface area contributed by atoms with Crippen LogP contribution in [0.25, 0.3) is 11.6 Å². The van der Waals surface area contributed by atoms with E-state index < -0.39 is 23.1 Å². The van der Waals surface area contributed by atoms with Crippen molar-refractivity contribution < 1.29 is 14.3 Å². The molecule has 0 fully saturated rings. The topological polar surface area (TPSA) is 83.7 Å². The smallest absolute Gasteiger partial charge is 0.311 e. The zero-order chi connectivity index (χ0) is 19.7. The molecule has 2 aromatic carbocycles. The number of carbonyl (C=O) groups excluding carboxylic acids is 1. The molecule has 1 aliphatic heterocycles. The number of amides is 1. The summed E-state index contributed by atoms with van der Waals surface area (Å²) in [7, 11) is 0. The minimum Gasteiger partial charge on any atom is -0.493 e. The number of fused-ring (bicyclic) bond motifs is 1. The van der Waals surface area contributed by atoms with Gasteiger partial charge < -0.3 is 10.4 Å². The minimum absolute atomic E-state index is 0.0105. The molecular formula is C20H14FN3O3S. The lowest BCUT2D eigenvalue weighted by Crippen LogP contribution is -2.24. The Morgan fingerprint density at radius 2 is 1.96 bits per heavy atom. The van der Waals surface area contributed by atoms with Crippen LogP contribution in [0.15, 0.2) is 58.3 Å². The molecule has 0 saturated heterocycles. The molecule has 0 bridgehead atoms. The summed E-state index contributed by atoms with van der Waals surface area (Å²) in [5.74, 6) is -1.52. The molecule has 0 saturated carbocycles. The Bertz CT molecular complexity index is 1190. The van der Waals surface area contributed by atoms with Gasteiger partial charge in [-0.3, -0.25) is 19.1 Å². The van der Waals surface area contributed by atoms with Crippen molar-refractivity contribution in [2.45, 2.75) is 6.54 Å². The highest BCUT2D eigenvalue weighted by Gasteiger charge is 2.18. The molecule has 1 amide bonds. The van der Waals surface area contributed by atoms with Crippen molar-refractivity contribution in [1.29, 1.82) is 0 Å². The zero-order valence-electron chi connectivity index (χ0n) is 14.4. The second kappa shape index (κ2) is 7.24. The van der Waals surface area contributed by atoms with Crippen molar-refractivity contribution in [3.63, 3.8) is 0 Å². The van der Waals surface area contributed by atoms with E-state index in [2.05, 4.69) is 10.3 Å². The van der Waals surface area contributed by atoms with Crippen LogP contribution in [-0.4, -0.2) is 21.8 Å². The predicted molar refractivity (Wildman–Crippen MR) is 108 cm³/mol. The van der Waals surface area contributed by atoms with E-state index in [4.69, 9.17) is 0 Å². The molecule has 6 nitrogen and oxygen atoms in total. The van der Waals surface area contributed by atoms with Crippen LogP contribution in [0.2, 0.25) is 0 Å². The third kappa shape index (κ3) is 3.37. The third-order valence-corrected chi connectivity index (χ3v) is 5.10. The third-order valence-electron chi connectivity index (χ3n) is 4.19. The highest BCUT2D eigenvalue weighted by molar-refractivity contribution is 7.10. The Morgan fingerprint density at radius 3 is 2.79 bits per heavy atom. The number of aromatic hydroxyl groups is 1. The maximum atomic E-state index is 13.6. The summed E-state index contributed by atoms with van der Waals surface area (Å²) in [6.07, 6.45) is 3.31. The van der Waals surface area contributed by atoms with E-state index in [0.717, 1.165) is 32.7 Å². The fourth-order valence-electron chi connectivity index (χ4n) is 2.84. The number of rotatable bonds is 4. The van der Waals surface area contributed by atoms with Crippen LogP contribution < -0.4 is 10.2 Å². The quantitative estimate of drug-likeness (QED) is 0.707. The lowest BCUT2D eigenvalue weighted by atomic mass is 10.1. The van der Waals surface area contributed by atoms with Crippen LogP contribution in [0.1, 0.15) is 10.4 Å². The van der Waals surface area contributed by atoms with Gasteiger partial charge in [-0.05, 0) is 24.3 Å². The first kappa shape index (κ1) is 17.9. The molecule has 3 aromatic rings. The number of hydrogen-bond acceptors (Lipinski definition) is 5. The molecule has 8 heteroatoms. The number of benzene rings is 2. The molecule has 28 heavy (non-hydrogen) atoms. The maximum Gasteiger partial charge on any atom is 0.311 e. The van der Waals surface area contributed by atoms with Crippen LogP contribution >= 0.6 is 11.3 Å². The van der Waals surface area contributed by atoms with Crippen molar-refractivity contribution in [1.82, 2.24) is 4.57 Å². The fourth-order valence-corrected chi connectivity index (χ4v) is 3.68. The molecule has 1 aliphatic rings. The molecule has 0 unspecified atom stereocenters. The average Bonchev–Trinajstić information content (AvgIpc) is 3.20. The number of carbonyl (C=O) groups is 1. The maximum absolute atomic E-state index is 13.6. The van der Waals surface area contributed by atoms with Gasteiger partial charge in [-0.2, -0.15) is 0 Å². The Morgan fingerprint density at radius 1 is 1.21 bits per heavy atom. The summed E-state index contributed by atoms with van der Waals surface area (Å²) in [6, 6.07) is 13.2. The number of anilines is 1. The summed E-state index contributed by atoms with van der Waals surface area (Å²) in [6.45, 7) is -0.427. The number of halogens is 1.